The van der Waals surface area contributed by atoms with Crippen LogP contribution in [0, 0.1) is 0 Å². The smallest absolute Gasteiger partial charge is 0.216 e. The Kier molecular flexibility index (Phi) is 4.18. The molecular formula is C9H19N3O. The minimum Gasteiger partial charge on any atom is -0.356 e. The number of likely N-dealkylation sites (N-methyl/N-ethyl adjacent to an activating group) is 1. The highest BCUT2D eigenvalue weighted by molar-refractivity contribution is 5.72. The SMILES string of the molecule is CC(=O)NCCC1CNCCN1C. The van der Waals surface area contributed by atoms with E-state index in [-0.39, 0.29) is 5.91 Å². The minimum absolute atomic E-state index is 0.0615. The molecule has 0 saturated carbocycles. The molecule has 4 nitrogen and oxygen atoms in total. The van der Waals surface area contributed by atoms with Gasteiger partial charge in [-0.3, -0.25) is 4.79 Å². The molecule has 1 saturated heterocycles. The summed E-state index contributed by atoms with van der Waals surface area (Å²) < 4.78 is 0. The lowest BCUT2D eigenvalue weighted by Crippen LogP contribution is -2.50. The summed E-state index contributed by atoms with van der Waals surface area (Å²) in [5.41, 5.74) is 0. The summed E-state index contributed by atoms with van der Waals surface area (Å²) in [6.45, 7) is 5.56. The third-order valence-electron chi connectivity index (χ3n) is 2.50. The zero-order valence-corrected chi connectivity index (χ0v) is 8.47. The molecule has 76 valence electrons. The molecule has 13 heavy (non-hydrogen) atoms. The highest BCUT2D eigenvalue weighted by atomic mass is 16.1. The number of nitrogens with one attached hydrogen (secondary N) is 2. The molecule has 0 radical (unpaired) electrons. The Morgan fingerprint density at radius 2 is 2.46 bits per heavy atom. The largest absolute Gasteiger partial charge is 0.356 e. The third kappa shape index (κ3) is 3.74. The molecule has 1 heterocycles. The fourth-order valence-corrected chi connectivity index (χ4v) is 1.60. The summed E-state index contributed by atoms with van der Waals surface area (Å²) in [6.07, 6.45) is 1.03. The van der Waals surface area contributed by atoms with E-state index in [1.807, 2.05) is 0 Å². The minimum atomic E-state index is 0.0615. The van der Waals surface area contributed by atoms with Crippen LogP contribution >= 0.6 is 0 Å². The van der Waals surface area contributed by atoms with Gasteiger partial charge in [-0.1, -0.05) is 0 Å². The van der Waals surface area contributed by atoms with Crippen molar-refractivity contribution in [2.24, 2.45) is 0 Å². The topological polar surface area (TPSA) is 44.4 Å². The van der Waals surface area contributed by atoms with Crippen LogP contribution in [0.15, 0.2) is 0 Å². The monoisotopic (exact) mass is 185 g/mol. The summed E-state index contributed by atoms with van der Waals surface area (Å²) in [7, 11) is 2.14. The Balaban J connectivity index is 2.15. The number of hydrogen-bond donors (Lipinski definition) is 2. The Morgan fingerprint density at radius 3 is 3.08 bits per heavy atom. The second-order valence-corrected chi connectivity index (χ2v) is 3.61. The van der Waals surface area contributed by atoms with Crippen LogP contribution in [0.4, 0.5) is 0 Å². The van der Waals surface area contributed by atoms with Crippen molar-refractivity contribution in [3.8, 4) is 0 Å². The molecule has 1 unspecified atom stereocenters. The van der Waals surface area contributed by atoms with Gasteiger partial charge in [-0.05, 0) is 13.5 Å². The van der Waals surface area contributed by atoms with E-state index in [1.54, 1.807) is 6.92 Å². The molecule has 0 spiro atoms. The van der Waals surface area contributed by atoms with Crippen molar-refractivity contribution in [2.75, 3.05) is 33.2 Å². The van der Waals surface area contributed by atoms with E-state index in [2.05, 4.69) is 22.6 Å². The summed E-state index contributed by atoms with van der Waals surface area (Å²) in [6, 6.07) is 0.570. The maximum absolute atomic E-state index is 10.6. The lowest BCUT2D eigenvalue weighted by molar-refractivity contribution is -0.119. The molecule has 1 atom stereocenters. The molecule has 0 aliphatic carbocycles. The Bertz CT molecular complexity index is 172. The summed E-state index contributed by atoms with van der Waals surface area (Å²) in [4.78, 5) is 13.0. The van der Waals surface area contributed by atoms with E-state index < -0.39 is 0 Å². The van der Waals surface area contributed by atoms with Crippen molar-refractivity contribution < 1.29 is 4.79 Å². The highest BCUT2D eigenvalue weighted by Crippen LogP contribution is 2.02. The van der Waals surface area contributed by atoms with Gasteiger partial charge in [-0.25, -0.2) is 0 Å². The Morgan fingerprint density at radius 1 is 1.69 bits per heavy atom. The van der Waals surface area contributed by atoms with Gasteiger partial charge in [0.05, 0.1) is 0 Å². The number of rotatable bonds is 3. The van der Waals surface area contributed by atoms with Gasteiger partial charge in [0.15, 0.2) is 0 Å². The molecule has 1 fully saturated rings. The van der Waals surface area contributed by atoms with Gasteiger partial charge in [0.1, 0.15) is 0 Å². The summed E-state index contributed by atoms with van der Waals surface area (Å²) in [5.74, 6) is 0.0615. The summed E-state index contributed by atoms with van der Waals surface area (Å²) in [5, 5.41) is 6.17. The first-order valence-electron chi connectivity index (χ1n) is 4.85. The molecule has 0 aromatic carbocycles. The molecule has 0 aromatic heterocycles. The normalized spacial score (nSPS) is 24.3. The van der Waals surface area contributed by atoms with E-state index in [1.165, 1.54) is 0 Å². The van der Waals surface area contributed by atoms with Crippen LogP contribution in [-0.4, -0.2) is 50.1 Å². The molecule has 4 heteroatoms. The van der Waals surface area contributed by atoms with Gasteiger partial charge < -0.3 is 15.5 Å². The van der Waals surface area contributed by atoms with E-state index in [4.69, 9.17) is 0 Å². The van der Waals surface area contributed by atoms with E-state index in [0.717, 1.165) is 32.6 Å². The summed E-state index contributed by atoms with van der Waals surface area (Å²) >= 11 is 0. The molecule has 0 aromatic rings. The Labute approximate surface area is 79.7 Å². The lowest BCUT2D eigenvalue weighted by atomic mass is 10.1. The van der Waals surface area contributed by atoms with E-state index >= 15 is 0 Å². The average Bonchev–Trinajstić information content (AvgIpc) is 2.08. The Hall–Kier alpha value is -0.610. The molecule has 1 aliphatic heterocycles. The van der Waals surface area contributed by atoms with Crippen LogP contribution in [0.1, 0.15) is 13.3 Å². The highest BCUT2D eigenvalue weighted by Gasteiger charge is 2.17. The quantitative estimate of drug-likeness (QED) is 0.618. The van der Waals surface area contributed by atoms with Crippen LogP contribution in [0.5, 0.6) is 0 Å². The number of amides is 1. The predicted molar refractivity (Wildman–Crippen MR) is 52.6 cm³/mol. The van der Waals surface area contributed by atoms with Crippen LogP contribution in [0.3, 0.4) is 0 Å². The first-order valence-corrected chi connectivity index (χ1v) is 4.85. The predicted octanol–water partition coefficient (Wildman–Crippen LogP) is -0.584. The number of hydrogen-bond acceptors (Lipinski definition) is 3. The van der Waals surface area contributed by atoms with Crippen LogP contribution < -0.4 is 10.6 Å². The van der Waals surface area contributed by atoms with Crippen molar-refractivity contribution in [2.45, 2.75) is 19.4 Å². The number of carbonyl (C=O) groups excluding carboxylic acids is 1. The van der Waals surface area contributed by atoms with Gasteiger partial charge in [-0.15, -0.1) is 0 Å². The number of nitrogens with zero attached hydrogens (tertiary/aromatic N) is 1. The van der Waals surface area contributed by atoms with E-state index in [0.29, 0.717) is 6.04 Å². The lowest BCUT2D eigenvalue weighted by Gasteiger charge is -2.33. The van der Waals surface area contributed by atoms with Crippen LogP contribution in [0.25, 0.3) is 0 Å². The fraction of sp³-hybridized carbons (Fsp3) is 0.889. The zero-order valence-electron chi connectivity index (χ0n) is 8.47. The van der Waals surface area contributed by atoms with Crippen LogP contribution in [0.2, 0.25) is 0 Å². The van der Waals surface area contributed by atoms with Crippen molar-refractivity contribution in [3.05, 3.63) is 0 Å². The third-order valence-corrected chi connectivity index (χ3v) is 2.50. The van der Waals surface area contributed by atoms with Crippen molar-refractivity contribution >= 4 is 5.91 Å². The van der Waals surface area contributed by atoms with Crippen molar-refractivity contribution in [1.29, 1.82) is 0 Å². The number of carbonyl (C=O) groups is 1. The van der Waals surface area contributed by atoms with Gasteiger partial charge in [0.25, 0.3) is 0 Å². The first kappa shape index (κ1) is 10.5. The maximum Gasteiger partial charge on any atom is 0.216 e. The molecule has 1 rings (SSSR count). The molecule has 0 bridgehead atoms. The second kappa shape index (κ2) is 5.19. The first-order chi connectivity index (χ1) is 6.20. The maximum atomic E-state index is 10.6. The van der Waals surface area contributed by atoms with Gasteiger partial charge in [-0.2, -0.15) is 0 Å². The molecule has 2 N–H and O–H groups in total. The number of piperazine rings is 1. The average molecular weight is 185 g/mol. The van der Waals surface area contributed by atoms with Gasteiger partial charge >= 0.3 is 0 Å². The standard InChI is InChI=1S/C9H19N3O/c1-8(13)11-4-3-9-7-10-5-6-12(9)2/h9-10H,3-7H2,1-2H3,(H,11,13). The van der Waals surface area contributed by atoms with E-state index in [9.17, 15) is 4.79 Å². The van der Waals surface area contributed by atoms with Crippen molar-refractivity contribution in [1.82, 2.24) is 15.5 Å². The molecule has 1 aliphatic rings. The second-order valence-electron chi connectivity index (χ2n) is 3.61. The van der Waals surface area contributed by atoms with Crippen molar-refractivity contribution in [3.63, 3.8) is 0 Å². The molecular weight excluding hydrogens is 166 g/mol. The fourth-order valence-electron chi connectivity index (χ4n) is 1.60. The van der Waals surface area contributed by atoms with Gasteiger partial charge in [0.2, 0.25) is 5.91 Å². The zero-order chi connectivity index (χ0) is 9.68. The van der Waals surface area contributed by atoms with Gasteiger partial charge in [0, 0.05) is 39.1 Å². The molecule has 1 amide bonds. The van der Waals surface area contributed by atoms with Crippen LogP contribution in [-0.2, 0) is 4.79 Å².